The van der Waals surface area contributed by atoms with Crippen LogP contribution >= 0.6 is 0 Å². The van der Waals surface area contributed by atoms with Crippen molar-refractivity contribution in [2.75, 3.05) is 7.05 Å². The Labute approximate surface area is 123 Å². The largest absolute Gasteiger partial charge is 0.550 e. The third-order valence-corrected chi connectivity index (χ3v) is 5.13. The molecule has 112 valence electrons. The minimum Gasteiger partial charge on any atom is -0.550 e. The number of fused-ring (bicyclic) bond motifs is 2. The summed E-state index contributed by atoms with van der Waals surface area (Å²) < 4.78 is 0. The van der Waals surface area contributed by atoms with Crippen molar-refractivity contribution >= 4 is 11.8 Å². The van der Waals surface area contributed by atoms with Crippen LogP contribution in [0.4, 0.5) is 0 Å². The SMILES string of the molecule is CN1C2CCC1(C(=O)c1ccccc1)C(C(=O)[O-])C(O)C2. The normalized spacial score (nSPS) is 35.6. The fourth-order valence-electron chi connectivity index (χ4n) is 4.07. The van der Waals surface area contributed by atoms with E-state index >= 15 is 0 Å². The quantitative estimate of drug-likeness (QED) is 0.781. The second-order valence-corrected chi connectivity index (χ2v) is 6.02. The molecule has 21 heavy (non-hydrogen) atoms. The van der Waals surface area contributed by atoms with Gasteiger partial charge in [0.2, 0.25) is 0 Å². The molecule has 0 saturated carbocycles. The number of likely N-dealkylation sites (N-methyl/N-ethyl adjacent to an activating group) is 1. The van der Waals surface area contributed by atoms with Crippen LogP contribution in [0.15, 0.2) is 30.3 Å². The molecule has 2 fully saturated rings. The zero-order chi connectivity index (χ0) is 15.2. The lowest BCUT2D eigenvalue weighted by atomic mass is 9.71. The number of carbonyl (C=O) groups excluding carboxylic acids is 2. The Morgan fingerprint density at radius 3 is 2.62 bits per heavy atom. The summed E-state index contributed by atoms with van der Waals surface area (Å²) in [6.45, 7) is 0. The highest BCUT2D eigenvalue weighted by molar-refractivity contribution is 6.06. The summed E-state index contributed by atoms with van der Waals surface area (Å²) in [5, 5.41) is 21.8. The maximum absolute atomic E-state index is 13.0. The molecule has 0 amide bonds. The molecule has 1 aromatic carbocycles. The Hall–Kier alpha value is -1.72. The molecule has 5 heteroatoms. The number of aliphatic hydroxyl groups is 1. The molecule has 2 saturated heterocycles. The first-order valence-corrected chi connectivity index (χ1v) is 7.20. The number of hydrogen-bond donors (Lipinski definition) is 1. The van der Waals surface area contributed by atoms with Crippen molar-refractivity contribution in [3.63, 3.8) is 0 Å². The molecular weight excluding hydrogens is 270 g/mol. The highest BCUT2D eigenvalue weighted by atomic mass is 16.4. The van der Waals surface area contributed by atoms with Crippen LogP contribution in [0.3, 0.4) is 0 Å². The van der Waals surface area contributed by atoms with Gasteiger partial charge >= 0.3 is 0 Å². The molecule has 2 bridgehead atoms. The van der Waals surface area contributed by atoms with Crippen molar-refractivity contribution in [1.82, 2.24) is 4.90 Å². The number of ketones is 1. The van der Waals surface area contributed by atoms with Crippen molar-refractivity contribution in [3.8, 4) is 0 Å². The van der Waals surface area contributed by atoms with Crippen LogP contribution in [-0.2, 0) is 4.79 Å². The molecule has 4 atom stereocenters. The van der Waals surface area contributed by atoms with Crippen LogP contribution in [0.1, 0.15) is 29.6 Å². The van der Waals surface area contributed by atoms with Gasteiger partial charge in [-0.05, 0) is 26.3 Å². The second kappa shape index (κ2) is 4.93. The number of aliphatic carboxylic acids is 1. The fraction of sp³-hybridized carbons (Fsp3) is 0.500. The Morgan fingerprint density at radius 1 is 1.33 bits per heavy atom. The van der Waals surface area contributed by atoms with Crippen molar-refractivity contribution in [2.45, 2.75) is 36.9 Å². The molecule has 0 radical (unpaired) electrons. The number of nitrogens with zero attached hydrogens (tertiary/aromatic N) is 1. The molecule has 5 nitrogen and oxygen atoms in total. The van der Waals surface area contributed by atoms with Crippen LogP contribution < -0.4 is 5.11 Å². The molecule has 0 spiro atoms. The Morgan fingerprint density at radius 2 is 2.00 bits per heavy atom. The number of piperidine rings is 1. The lowest BCUT2D eigenvalue weighted by Gasteiger charge is -2.49. The number of aliphatic hydroxyl groups excluding tert-OH is 1. The van der Waals surface area contributed by atoms with Crippen LogP contribution in [0, 0.1) is 5.92 Å². The summed E-state index contributed by atoms with van der Waals surface area (Å²) in [6, 6.07) is 8.73. The molecular formula is C16H18NO4-. The standard InChI is InChI=1S/C16H19NO4/c1-17-11-7-8-16(17,13(15(20)21)12(18)9-11)14(19)10-5-3-2-4-6-10/h2-6,11-13,18H,7-9H2,1H3,(H,20,21)/p-1. The Kier molecular flexibility index (Phi) is 3.34. The highest BCUT2D eigenvalue weighted by Crippen LogP contribution is 2.48. The highest BCUT2D eigenvalue weighted by Gasteiger charge is 2.60. The molecule has 2 aliphatic heterocycles. The number of benzene rings is 1. The van der Waals surface area contributed by atoms with Crippen molar-refractivity contribution in [1.29, 1.82) is 0 Å². The first-order valence-electron chi connectivity index (χ1n) is 7.20. The van der Waals surface area contributed by atoms with E-state index in [0.717, 1.165) is 6.42 Å². The Balaban J connectivity index is 2.10. The minimum atomic E-state index is -1.35. The van der Waals surface area contributed by atoms with Crippen molar-refractivity contribution in [2.24, 2.45) is 5.92 Å². The summed E-state index contributed by atoms with van der Waals surface area (Å²) in [7, 11) is 1.78. The number of carboxylic acid groups (broad SMARTS) is 1. The van der Waals surface area contributed by atoms with E-state index < -0.39 is 23.5 Å². The van der Waals surface area contributed by atoms with Gasteiger partial charge < -0.3 is 15.0 Å². The molecule has 1 N–H and O–H groups in total. The zero-order valence-corrected chi connectivity index (χ0v) is 11.9. The van der Waals surface area contributed by atoms with E-state index in [-0.39, 0.29) is 11.8 Å². The number of Topliss-reactive ketones (excluding diaryl/α,β-unsaturated/α-hetero) is 1. The summed E-state index contributed by atoms with van der Waals surface area (Å²) in [5.41, 5.74) is -0.715. The van der Waals surface area contributed by atoms with Crippen LogP contribution in [0.2, 0.25) is 0 Å². The monoisotopic (exact) mass is 288 g/mol. The van der Waals surface area contributed by atoms with Crippen LogP contribution in [0.25, 0.3) is 0 Å². The molecule has 3 rings (SSSR count). The zero-order valence-electron chi connectivity index (χ0n) is 11.9. The predicted molar refractivity (Wildman–Crippen MR) is 73.4 cm³/mol. The van der Waals surface area contributed by atoms with Gasteiger partial charge in [-0.25, -0.2) is 0 Å². The fourth-order valence-corrected chi connectivity index (χ4v) is 4.07. The first-order chi connectivity index (χ1) is 9.98. The number of rotatable bonds is 3. The molecule has 0 aliphatic carbocycles. The number of carboxylic acids is 1. The van der Waals surface area contributed by atoms with E-state index in [1.54, 1.807) is 31.3 Å². The van der Waals surface area contributed by atoms with E-state index in [2.05, 4.69) is 0 Å². The number of hydrogen-bond acceptors (Lipinski definition) is 5. The average Bonchev–Trinajstić information content (AvgIpc) is 2.69. The Bertz CT molecular complexity index is 573. The van der Waals surface area contributed by atoms with Gasteiger partial charge in [0.15, 0.2) is 5.78 Å². The van der Waals surface area contributed by atoms with Crippen LogP contribution in [-0.4, -0.2) is 46.5 Å². The third kappa shape index (κ3) is 1.92. The predicted octanol–water partition coefficient (Wildman–Crippen LogP) is -0.167. The van der Waals surface area contributed by atoms with Gasteiger partial charge in [-0.15, -0.1) is 0 Å². The lowest BCUT2D eigenvalue weighted by Crippen LogP contribution is -2.67. The molecule has 2 heterocycles. The molecule has 4 unspecified atom stereocenters. The molecule has 2 aliphatic rings. The minimum absolute atomic E-state index is 0.0447. The summed E-state index contributed by atoms with van der Waals surface area (Å²) >= 11 is 0. The van der Waals surface area contributed by atoms with Crippen LogP contribution in [0.5, 0.6) is 0 Å². The summed E-state index contributed by atoms with van der Waals surface area (Å²) in [6.07, 6.45) is 0.498. The summed E-state index contributed by atoms with van der Waals surface area (Å²) in [4.78, 5) is 26.4. The maximum Gasteiger partial charge on any atom is 0.183 e. The molecule has 1 aromatic rings. The van der Waals surface area contributed by atoms with Crippen molar-refractivity contribution < 1.29 is 19.8 Å². The van der Waals surface area contributed by atoms with Gasteiger partial charge in [0.25, 0.3) is 0 Å². The first kappa shape index (κ1) is 14.2. The smallest absolute Gasteiger partial charge is 0.183 e. The topological polar surface area (TPSA) is 80.7 Å². The van der Waals surface area contributed by atoms with Gasteiger partial charge in [0.05, 0.1) is 17.6 Å². The second-order valence-electron chi connectivity index (χ2n) is 6.02. The molecule has 0 aromatic heterocycles. The number of carbonyl (C=O) groups is 2. The van der Waals surface area contributed by atoms with E-state index in [1.165, 1.54) is 0 Å². The van der Waals surface area contributed by atoms with Gasteiger partial charge in [-0.3, -0.25) is 9.69 Å². The van der Waals surface area contributed by atoms with E-state index in [9.17, 15) is 19.8 Å². The third-order valence-electron chi connectivity index (χ3n) is 5.13. The van der Waals surface area contributed by atoms with Gasteiger partial charge in [0.1, 0.15) is 0 Å². The average molecular weight is 288 g/mol. The van der Waals surface area contributed by atoms with Gasteiger partial charge in [-0.2, -0.15) is 0 Å². The van der Waals surface area contributed by atoms with Crippen molar-refractivity contribution in [3.05, 3.63) is 35.9 Å². The lowest BCUT2D eigenvalue weighted by molar-refractivity contribution is -0.319. The van der Waals surface area contributed by atoms with Gasteiger partial charge in [0, 0.05) is 17.6 Å². The van der Waals surface area contributed by atoms with E-state index in [0.29, 0.717) is 18.4 Å². The maximum atomic E-state index is 13.0. The summed E-state index contributed by atoms with van der Waals surface area (Å²) in [5.74, 6) is -2.77. The van der Waals surface area contributed by atoms with E-state index in [4.69, 9.17) is 0 Å². The van der Waals surface area contributed by atoms with E-state index in [1.807, 2.05) is 11.0 Å². The van der Waals surface area contributed by atoms with Gasteiger partial charge in [-0.1, -0.05) is 30.3 Å².